The van der Waals surface area contributed by atoms with Crippen LogP contribution in [0.3, 0.4) is 0 Å². The van der Waals surface area contributed by atoms with Crippen LogP contribution in [0.1, 0.15) is 95.9 Å². The van der Waals surface area contributed by atoms with Crippen LogP contribution in [-0.2, 0) is 65.6 Å². The molecule has 6 rings (SSSR count). The lowest BCUT2D eigenvalue weighted by atomic mass is 10.0. The number of hydrogen-bond donors (Lipinski definition) is 13. The number of carbonyl (C=O) groups is 11. The summed E-state index contributed by atoms with van der Waals surface area (Å²) >= 11 is 0. The minimum absolute atomic E-state index is 0.00644. The van der Waals surface area contributed by atoms with Gasteiger partial charge >= 0.3 is 5.97 Å². The molecule has 2 saturated heterocycles. The topological polar surface area (TPSA) is 382 Å². The van der Waals surface area contributed by atoms with Crippen molar-refractivity contribution in [3.8, 4) is 0 Å². The molecule has 26 nitrogen and oxygen atoms in total. The third-order valence-electron chi connectivity index (χ3n) is 14.0. The molecule has 3 aliphatic rings. The highest BCUT2D eigenvalue weighted by atomic mass is 33.1. The number of carboxylic acid groups (broad SMARTS) is 1. The van der Waals surface area contributed by atoms with Gasteiger partial charge in [0.25, 0.3) is 0 Å². The van der Waals surface area contributed by atoms with Crippen LogP contribution in [0.25, 0.3) is 10.8 Å². The highest BCUT2D eigenvalue weighted by Crippen LogP contribution is 2.33. The van der Waals surface area contributed by atoms with Crippen molar-refractivity contribution >= 4 is 97.4 Å². The molecular formula is C53H74N14O12S2. The summed E-state index contributed by atoms with van der Waals surface area (Å²) in [7, 11) is 4.09. The Hall–Kier alpha value is -7.33. The highest BCUT2D eigenvalue weighted by Gasteiger charge is 2.36. The first-order valence-corrected chi connectivity index (χ1v) is 29.8. The van der Waals surface area contributed by atoms with Gasteiger partial charge in [0.1, 0.15) is 48.3 Å². The molecule has 2 bridgehead atoms. The zero-order valence-electron chi connectivity index (χ0n) is 45.6. The molecule has 1 aromatic carbocycles. The first-order chi connectivity index (χ1) is 38.9. The minimum Gasteiger partial charge on any atom is -0.481 e. The average Bonchev–Trinajstić information content (AvgIpc) is 4.13. The Morgan fingerprint density at radius 1 is 0.642 bits per heavy atom. The molecule has 3 fully saturated rings. The fourth-order valence-electron chi connectivity index (χ4n) is 9.07. The van der Waals surface area contributed by atoms with E-state index in [2.05, 4.69) is 73.4 Å². The van der Waals surface area contributed by atoms with Crippen molar-refractivity contribution in [2.24, 2.45) is 5.92 Å². The quantitative estimate of drug-likeness (QED) is 0.101. The molecule has 1 saturated carbocycles. The standard InChI is InChI=1S/C53H74N14O12S2/c1-4-35-48(74)66-41(23-33-22-31-9-5-6-10-32(31)25-57-33)46(72)56-18-8-7-11-36(54-3)49(75)60-29(2)45(71)63-38-16-19-80-81-20-17-39(51(77)62-35)64-50(76)37(14-15-44(69)70)61-43(68)27-58-47(73)40(21-30-12-13-30)65-53(79)42(67-52(38)78)24-34-26-55-28-59-34/h5-6,9-10,22,25-26,28-30,35-42,54H,4,7-8,11-21,23-24,27H2,1-3H3,(H,55,59)(H,56,72)(H,58,73)(H,60,75)(H,61,68)(H,62,77)(H,63,71)(H,64,76)(H,65,79)(H,66,74)(H,67,78)(H,69,70)/t29-,35-,36+,37-,38+,39+,40-,41-,42-/m0/s1. The lowest BCUT2D eigenvalue weighted by Gasteiger charge is -2.27. The van der Waals surface area contributed by atoms with Crippen molar-refractivity contribution in [2.45, 2.75) is 152 Å². The molecule has 28 heteroatoms. The van der Waals surface area contributed by atoms with Gasteiger partial charge in [-0.3, -0.25) is 57.7 Å². The first kappa shape index (κ1) is 62.9. The van der Waals surface area contributed by atoms with Crippen molar-refractivity contribution in [3.63, 3.8) is 0 Å². The van der Waals surface area contributed by atoms with Crippen molar-refractivity contribution in [1.29, 1.82) is 0 Å². The smallest absolute Gasteiger partial charge is 0.303 e. The molecule has 10 amide bonds. The van der Waals surface area contributed by atoms with Crippen molar-refractivity contribution < 1.29 is 57.8 Å². The summed E-state index contributed by atoms with van der Waals surface area (Å²) in [4.78, 5) is 164. The lowest BCUT2D eigenvalue weighted by Crippen LogP contribution is -2.59. The molecule has 440 valence electrons. The Bertz CT molecular complexity index is 2720. The molecule has 81 heavy (non-hydrogen) atoms. The number of carbonyl (C=O) groups excluding carboxylic acids is 10. The second kappa shape index (κ2) is 31.6. The molecule has 0 spiro atoms. The van der Waals surface area contributed by atoms with Gasteiger partial charge in [0.2, 0.25) is 59.1 Å². The number of benzene rings is 1. The number of nitrogens with zero attached hydrogens (tertiary/aromatic N) is 2. The van der Waals surface area contributed by atoms with Gasteiger partial charge in [0, 0.05) is 66.5 Å². The molecule has 4 heterocycles. The fraction of sp³-hybridized carbons (Fsp3) is 0.566. The molecular weight excluding hydrogens is 1090 g/mol. The number of rotatable bonds is 11. The predicted octanol–water partition coefficient (Wildman–Crippen LogP) is -1.10. The van der Waals surface area contributed by atoms with Crippen LogP contribution in [0.2, 0.25) is 0 Å². The molecule has 1 aliphatic carbocycles. The van der Waals surface area contributed by atoms with Gasteiger partial charge in [-0.25, -0.2) is 4.98 Å². The molecule has 3 aromatic rings. The van der Waals surface area contributed by atoms with Gasteiger partial charge in [0.15, 0.2) is 0 Å². The number of nitrogens with one attached hydrogen (secondary N) is 12. The van der Waals surface area contributed by atoms with Crippen LogP contribution in [-0.4, -0.2) is 171 Å². The number of H-pyrrole nitrogens is 1. The van der Waals surface area contributed by atoms with E-state index >= 15 is 0 Å². The van der Waals surface area contributed by atoms with Gasteiger partial charge in [-0.1, -0.05) is 65.6 Å². The number of aromatic nitrogens is 3. The number of carboxylic acids is 1. The molecule has 13 N–H and O–H groups in total. The number of imidazole rings is 1. The summed E-state index contributed by atoms with van der Waals surface area (Å²) in [6, 6.07) is -1.72. The van der Waals surface area contributed by atoms with Gasteiger partial charge < -0.3 is 68.6 Å². The Morgan fingerprint density at radius 2 is 1.26 bits per heavy atom. The van der Waals surface area contributed by atoms with Gasteiger partial charge in [-0.05, 0) is 82.7 Å². The lowest BCUT2D eigenvalue weighted by molar-refractivity contribution is -0.138. The third kappa shape index (κ3) is 20.3. The van der Waals surface area contributed by atoms with E-state index in [0.717, 1.165) is 23.6 Å². The Kier molecular flexibility index (Phi) is 24.5. The Morgan fingerprint density at radius 3 is 1.91 bits per heavy atom. The molecule has 0 radical (unpaired) electrons. The number of likely N-dealkylation sites (N-methyl/N-ethyl adjacent to an activating group) is 1. The summed E-state index contributed by atoms with van der Waals surface area (Å²) in [6.07, 6.45) is 6.18. The summed E-state index contributed by atoms with van der Waals surface area (Å²) in [5, 5.41) is 41.2. The van der Waals surface area contributed by atoms with E-state index in [1.54, 1.807) is 20.2 Å². The molecule has 2 aliphatic heterocycles. The first-order valence-electron chi connectivity index (χ1n) is 27.3. The zero-order chi connectivity index (χ0) is 58.4. The largest absolute Gasteiger partial charge is 0.481 e. The zero-order valence-corrected chi connectivity index (χ0v) is 47.2. The van der Waals surface area contributed by atoms with Crippen LogP contribution < -0.4 is 58.5 Å². The van der Waals surface area contributed by atoms with E-state index in [9.17, 15) is 57.8 Å². The number of aliphatic carboxylic acids is 1. The third-order valence-corrected chi connectivity index (χ3v) is 16.4. The number of pyridine rings is 1. The maximum absolute atomic E-state index is 14.4. The number of fused-ring (bicyclic) bond motifs is 8. The van der Waals surface area contributed by atoms with Crippen molar-refractivity contribution in [1.82, 2.24) is 73.4 Å². The SMILES string of the molecule is CC[C@@H]1NC(=O)[C@H]2CCSSCC[C@@H](NC(=O)[C@H](C)NC(=O)[C@H](NC)CCCCNC(=O)[C@H](Cc3cc4ccccc4cn3)NC1=O)C(=O)N[C@@H](Cc1cnc[nH]1)C(=O)N[C@@H](CC1CC1)C(=O)NCC(=O)N[C@@H](CCC(=O)O)C(=O)N2. The highest BCUT2D eigenvalue weighted by molar-refractivity contribution is 8.76. The number of aromatic amines is 1. The van der Waals surface area contributed by atoms with Crippen LogP contribution in [0, 0.1) is 5.92 Å². The summed E-state index contributed by atoms with van der Waals surface area (Å²) in [6.45, 7) is 2.53. The second-order valence-corrected chi connectivity index (χ2v) is 23.0. The van der Waals surface area contributed by atoms with Gasteiger partial charge in [0.05, 0.1) is 18.9 Å². The minimum atomic E-state index is -1.52. The van der Waals surface area contributed by atoms with Crippen molar-refractivity contribution in [2.75, 3.05) is 31.6 Å². The van der Waals surface area contributed by atoms with Gasteiger partial charge in [-0.2, -0.15) is 0 Å². The van der Waals surface area contributed by atoms with E-state index in [-0.39, 0.29) is 62.5 Å². The summed E-state index contributed by atoms with van der Waals surface area (Å²) in [5.74, 6) is -8.27. The van der Waals surface area contributed by atoms with Crippen LogP contribution in [0.4, 0.5) is 0 Å². The average molecular weight is 1160 g/mol. The van der Waals surface area contributed by atoms with E-state index < -0.39 is 139 Å². The fourth-order valence-corrected chi connectivity index (χ4v) is 11.3. The Balaban J connectivity index is 1.33. The summed E-state index contributed by atoms with van der Waals surface area (Å²) < 4.78 is 0. The Labute approximate surface area is 476 Å². The van der Waals surface area contributed by atoms with E-state index in [1.165, 1.54) is 41.0 Å². The maximum atomic E-state index is 14.4. The van der Waals surface area contributed by atoms with Crippen molar-refractivity contribution in [3.05, 3.63) is 60.4 Å². The van der Waals surface area contributed by atoms with Crippen LogP contribution in [0.15, 0.2) is 49.1 Å². The maximum Gasteiger partial charge on any atom is 0.303 e. The normalized spacial score (nSPS) is 26.6. The van der Waals surface area contributed by atoms with Crippen LogP contribution >= 0.6 is 21.6 Å². The second-order valence-electron chi connectivity index (χ2n) is 20.3. The predicted molar refractivity (Wildman–Crippen MR) is 300 cm³/mol. The number of hydrogen-bond acceptors (Lipinski definition) is 16. The number of amides is 10. The van der Waals surface area contributed by atoms with Crippen LogP contribution in [0.5, 0.6) is 0 Å². The van der Waals surface area contributed by atoms with E-state index in [1.807, 2.05) is 30.3 Å². The monoisotopic (exact) mass is 1160 g/mol. The summed E-state index contributed by atoms with van der Waals surface area (Å²) in [5.41, 5.74) is 0.949. The molecule has 2 aromatic heterocycles. The molecule has 0 unspecified atom stereocenters. The molecule has 9 atom stereocenters. The van der Waals surface area contributed by atoms with Gasteiger partial charge in [-0.15, -0.1) is 0 Å². The van der Waals surface area contributed by atoms with E-state index in [0.29, 0.717) is 30.7 Å². The van der Waals surface area contributed by atoms with E-state index in [4.69, 9.17) is 0 Å².